The summed E-state index contributed by atoms with van der Waals surface area (Å²) >= 11 is 0. The molecule has 0 radical (unpaired) electrons. The molecule has 3 heteroatoms. The lowest BCUT2D eigenvalue weighted by Gasteiger charge is -2.15. The highest BCUT2D eigenvalue weighted by molar-refractivity contribution is 5.78. The highest BCUT2D eigenvalue weighted by Crippen LogP contribution is 2.12. The van der Waals surface area contributed by atoms with Crippen LogP contribution in [0.4, 0.5) is 0 Å². The Morgan fingerprint density at radius 3 is 2.82 bits per heavy atom. The number of pyridine rings is 1. The number of hydrogen-bond donors (Lipinski definition) is 0. The Kier molecular flexibility index (Phi) is 3.69. The van der Waals surface area contributed by atoms with Crippen LogP contribution in [0.25, 0.3) is 10.9 Å². The summed E-state index contributed by atoms with van der Waals surface area (Å²) in [5.41, 5.74) is 2.03. The molecular weight excluding hydrogens is 210 g/mol. The van der Waals surface area contributed by atoms with E-state index in [1.807, 2.05) is 24.3 Å². The van der Waals surface area contributed by atoms with E-state index >= 15 is 0 Å². The van der Waals surface area contributed by atoms with Gasteiger partial charge in [-0.15, -0.1) is 0 Å². The van der Waals surface area contributed by atoms with E-state index in [9.17, 15) is 0 Å². The van der Waals surface area contributed by atoms with Gasteiger partial charge in [0.25, 0.3) is 0 Å². The van der Waals surface area contributed by atoms with Crippen molar-refractivity contribution in [2.45, 2.75) is 13.5 Å². The first-order valence-electron chi connectivity index (χ1n) is 5.77. The number of aromatic nitrogens is 1. The Labute approximate surface area is 101 Å². The lowest BCUT2D eigenvalue weighted by molar-refractivity contribution is 0.311. The van der Waals surface area contributed by atoms with Crippen molar-refractivity contribution in [3.05, 3.63) is 42.1 Å². The fourth-order valence-corrected chi connectivity index (χ4v) is 1.80. The summed E-state index contributed by atoms with van der Waals surface area (Å²) < 4.78 is 0. The maximum absolute atomic E-state index is 8.71. The molecule has 1 aromatic carbocycles. The molecule has 0 amide bonds. The van der Waals surface area contributed by atoms with Crippen LogP contribution in [-0.4, -0.2) is 23.0 Å². The first-order chi connectivity index (χ1) is 8.33. The van der Waals surface area contributed by atoms with Gasteiger partial charge in [0.15, 0.2) is 0 Å². The Bertz CT molecular complexity index is 542. The van der Waals surface area contributed by atoms with Gasteiger partial charge >= 0.3 is 0 Å². The van der Waals surface area contributed by atoms with E-state index in [1.54, 1.807) is 0 Å². The maximum atomic E-state index is 8.71. The molecule has 0 saturated heterocycles. The summed E-state index contributed by atoms with van der Waals surface area (Å²) in [6.07, 6.45) is 0. The topological polar surface area (TPSA) is 39.9 Å². The predicted octanol–water partition coefficient (Wildman–Crippen LogP) is 2.58. The highest BCUT2D eigenvalue weighted by Gasteiger charge is 2.04. The lowest BCUT2D eigenvalue weighted by atomic mass is 10.2. The lowest BCUT2D eigenvalue weighted by Crippen LogP contribution is -2.23. The second-order valence-electron chi connectivity index (χ2n) is 3.96. The summed E-state index contributed by atoms with van der Waals surface area (Å²) in [7, 11) is 0. The molecule has 0 aliphatic heterocycles. The third-order valence-electron chi connectivity index (χ3n) is 2.78. The number of benzene rings is 1. The number of nitrogens with zero attached hydrogens (tertiary/aromatic N) is 3. The van der Waals surface area contributed by atoms with Crippen molar-refractivity contribution in [1.82, 2.24) is 9.88 Å². The molecule has 17 heavy (non-hydrogen) atoms. The molecule has 1 heterocycles. The van der Waals surface area contributed by atoms with E-state index in [0.29, 0.717) is 6.54 Å². The summed E-state index contributed by atoms with van der Waals surface area (Å²) in [5, 5.41) is 9.86. The number of hydrogen-bond acceptors (Lipinski definition) is 3. The fourth-order valence-electron chi connectivity index (χ4n) is 1.80. The average molecular weight is 225 g/mol. The minimum absolute atomic E-state index is 0.449. The summed E-state index contributed by atoms with van der Waals surface area (Å²) in [4.78, 5) is 6.66. The normalized spacial score (nSPS) is 10.6. The van der Waals surface area contributed by atoms with E-state index in [0.717, 1.165) is 29.7 Å². The van der Waals surface area contributed by atoms with Crippen LogP contribution in [0.3, 0.4) is 0 Å². The Morgan fingerprint density at radius 1 is 1.24 bits per heavy atom. The molecule has 1 aromatic heterocycles. The molecule has 2 rings (SSSR count). The first-order valence-corrected chi connectivity index (χ1v) is 5.77. The molecule has 0 atom stereocenters. The highest BCUT2D eigenvalue weighted by atomic mass is 15.1. The molecule has 0 spiro atoms. The van der Waals surface area contributed by atoms with Crippen LogP contribution in [0.5, 0.6) is 0 Å². The number of fused-ring (bicyclic) bond motifs is 1. The van der Waals surface area contributed by atoms with Crippen LogP contribution >= 0.6 is 0 Å². The monoisotopic (exact) mass is 225 g/mol. The predicted molar refractivity (Wildman–Crippen MR) is 68.3 cm³/mol. The Balaban J connectivity index is 2.22. The Hall–Kier alpha value is -1.92. The zero-order valence-corrected chi connectivity index (χ0v) is 9.93. The molecular formula is C14H15N3. The first kappa shape index (κ1) is 11.6. The number of para-hydroxylation sites is 1. The van der Waals surface area contributed by atoms with Crippen molar-refractivity contribution in [3.63, 3.8) is 0 Å². The molecule has 0 unspecified atom stereocenters. The molecule has 0 aliphatic carbocycles. The van der Waals surface area contributed by atoms with Crippen LogP contribution in [0.15, 0.2) is 36.4 Å². The van der Waals surface area contributed by atoms with Gasteiger partial charge in [0, 0.05) is 11.9 Å². The van der Waals surface area contributed by atoms with Gasteiger partial charge in [0.2, 0.25) is 0 Å². The number of nitriles is 1. The van der Waals surface area contributed by atoms with Crippen molar-refractivity contribution >= 4 is 10.9 Å². The van der Waals surface area contributed by atoms with Crippen molar-refractivity contribution < 1.29 is 0 Å². The van der Waals surface area contributed by atoms with E-state index in [2.05, 4.69) is 35.0 Å². The molecule has 86 valence electrons. The SMILES string of the molecule is CCN(CC#N)Cc1ccc2ccccc2n1. The van der Waals surface area contributed by atoms with Gasteiger partial charge in [-0.25, -0.2) is 0 Å². The number of rotatable bonds is 4. The minimum atomic E-state index is 0.449. The van der Waals surface area contributed by atoms with Crippen LogP contribution in [-0.2, 0) is 6.54 Å². The van der Waals surface area contributed by atoms with Gasteiger partial charge in [-0.2, -0.15) is 5.26 Å². The zero-order chi connectivity index (χ0) is 12.1. The van der Waals surface area contributed by atoms with Gasteiger partial charge in [-0.05, 0) is 18.7 Å². The second kappa shape index (κ2) is 5.42. The van der Waals surface area contributed by atoms with Crippen molar-refractivity contribution in [2.24, 2.45) is 0 Å². The third kappa shape index (κ3) is 2.80. The van der Waals surface area contributed by atoms with Crippen LogP contribution < -0.4 is 0 Å². The smallest absolute Gasteiger partial charge is 0.0869 e. The van der Waals surface area contributed by atoms with E-state index in [4.69, 9.17) is 5.26 Å². The molecule has 0 N–H and O–H groups in total. The molecule has 0 fully saturated rings. The van der Waals surface area contributed by atoms with Crippen LogP contribution in [0.2, 0.25) is 0 Å². The summed E-state index contributed by atoms with van der Waals surface area (Å²) in [6, 6.07) is 14.4. The van der Waals surface area contributed by atoms with Crippen LogP contribution in [0.1, 0.15) is 12.6 Å². The van der Waals surface area contributed by atoms with Gasteiger partial charge in [-0.1, -0.05) is 31.2 Å². The maximum Gasteiger partial charge on any atom is 0.0869 e. The van der Waals surface area contributed by atoms with E-state index in [-0.39, 0.29) is 0 Å². The molecule has 0 saturated carbocycles. The third-order valence-corrected chi connectivity index (χ3v) is 2.78. The zero-order valence-electron chi connectivity index (χ0n) is 9.93. The molecule has 0 aliphatic rings. The van der Waals surface area contributed by atoms with Crippen LogP contribution in [0, 0.1) is 11.3 Å². The Morgan fingerprint density at radius 2 is 2.06 bits per heavy atom. The minimum Gasteiger partial charge on any atom is -0.285 e. The summed E-state index contributed by atoms with van der Waals surface area (Å²) in [5.74, 6) is 0. The quantitative estimate of drug-likeness (QED) is 0.751. The largest absolute Gasteiger partial charge is 0.285 e. The van der Waals surface area contributed by atoms with Crippen molar-refractivity contribution in [3.8, 4) is 6.07 Å². The average Bonchev–Trinajstić information content (AvgIpc) is 2.38. The van der Waals surface area contributed by atoms with Crippen molar-refractivity contribution in [1.29, 1.82) is 5.26 Å². The molecule has 2 aromatic rings. The van der Waals surface area contributed by atoms with Crippen molar-refractivity contribution in [2.75, 3.05) is 13.1 Å². The van der Waals surface area contributed by atoms with Gasteiger partial charge < -0.3 is 0 Å². The molecule has 0 bridgehead atoms. The van der Waals surface area contributed by atoms with Gasteiger partial charge in [-0.3, -0.25) is 9.88 Å². The summed E-state index contributed by atoms with van der Waals surface area (Å²) in [6.45, 7) is 4.10. The fraction of sp³-hybridized carbons (Fsp3) is 0.286. The standard InChI is InChI=1S/C14H15N3/c1-2-17(10-9-15)11-13-8-7-12-5-3-4-6-14(12)16-13/h3-8H,2,10-11H2,1H3. The second-order valence-corrected chi connectivity index (χ2v) is 3.96. The van der Waals surface area contributed by atoms with E-state index in [1.165, 1.54) is 0 Å². The molecule has 3 nitrogen and oxygen atoms in total. The van der Waals surface area contributed by atoms with Gasteiger partial charge in [0.1, 0.15) is 0 Å². The van der Waals surface area contributed by atoms with E-state index < -0.39 is 0 Å². The van der Waals surface area contributed by atoms with Gasteiger partial charge in [0.05, 0.1) is 23.8 Å².